The van der Waals surface area contributed by atoms with Crippen molar-refractivity contribution in [1.29, 1.82) is 0 Å². The Morgan fingerprint density at radius 3 is 3.18 bits per heavy atom. The fourth-order valence-corrected chi connectivity index (χ4v) is 2.49. The number of benzene rings is 1. The Labute approximate surface area is 101 Å². The van der Waals surface area contributed by atoms with E-state index in [0.717, 1.165) is 23.7 Å². The maximum absolute atomic E-state index is 5.50. The van der Waals surface area contributed by atoms with Crippen molar-refractivity contribution in [3.8, 4) is 0 Å². The Morgan fingerprint density at radius 1 is 1.35 bits per heavy atom. The van der Waals surface area contributed by atoms with E-state index in [2.05, 4.69) is 16.7 Å². The predicted octanol–water partition coefficient (Wildman–Crippen LogP) is 2.84. The highest BCUT2D eigenvalue weighted by atomic mass is 16.3. The zero-order valence-corrected chi connectivity index (χ0v) is 9.91. The first kappa shape index (κ1) is 10.7. The number of nitrogens with one attached hydrogen (secondary N) is 2. The summed E-state index contributed by atoms with van der Waals surface area (Å²) in [6, 6.07) is 8.14. The van der Waals surface area contributed by atoms with Crippen LogP contribution >= 0.6 is 0 Å². The number of fused-ring (bicyclic) bond motifs is 1. The molecule has 1 atom stereocenters. The van der Waals surface area contributed by atoms with Gasteiger partial charge in [-0.3, -0.25) is 0 Å². The fourth-order valence-electron chi connectivity index (χ4n) is 2.49. The van der Waals surface area contributed by atoms with Crippen molar-refractivity contribution in [2.75, 3.05) is 25.0 Å². The molecule has 0 amide bonds. The Balaban J connectivity index is 1.60. The van der Waals surface area contributed by atoms with E-state index < -0.39 is 0 Å². The molecule has 2 heterocycles. The third-order valence-electron chi connectivity index (χ3n) is 3.51. The van der Waals surface area contributed by atoms with Gasteiger partial charge in [-0.2, -0.15) is 0 Å². The van der Waals surface area contributed by atoms with E-state index in [1.807, 2.05) is 24.5 Å². The van der Waals surface area contributed by atoms with Gasteiger partial charge in [-0.15, -0.1) is 0 Å². The summed E-state index contributed by atoms with van der Waals surface area (Å²) in [5.41, 5.74) is 2.07. The van der Waals surface area contributed by atoms with Gasteiger partial charge in [-0.05, 0) is 44.0 Å². The average Bonchev–Trinajstić information content (AvgIpc) is 2.99. The Morgan fingerprint density at radius 2 is 2.29 bits per heavy atom. The van der Waals surface area contributed by atoms with E-state index in [1.165, 1.54) is 31.3 Å². The maximum Gasteiger partial charge on any atom is 0.136 e. The second kappa shape index (κ2) is 4.80. The lowest BCUT2D eigenvalue weighted by molar-refractivity contribution is 0.548. The van der Waals surface area contributed by atoms with Gasteiger partial charge >= 0.3 is 0 Å². The molecule has 3 heteroatoms. The lowest BCUT2D eigenvalue weighted by Crippen LogP contribution is -2.12. The SMILES string of the molecule is c1ccc2c(NCCC3CCNC3)coc2c1. The first-order valence-corrected chi connectivity index (χ1v) is 6.34. The van der Waals surface area contributed by atoms with Crippen LogP contribution in [0.2, 0.25) is 0 Å². The lowest BCUT2D eigenvalue weighted by Gasteiger charge is -2.08. The molecule has 0 saturated carbocycles. The van der Waals surface area contributed by atoms with E-state index in [9.17, 15) is 0 Å². The highest BCUT2D eigenvalue weighted by Gasteiger charge is 2.13. The minimum absolute atomic E-state index is 0.834. The first-order valence-electron chi connectivity index (χ1n) is 6.34. The van der Waals surface area contributed by atoms with Crippen LogP contribution in [0.1, 0.15) is 12.8 Å². The van der Waals surface area contributed by atoms with Crippen LogP contribution in [0.25, 0.3) is 11.0 Å². The van der Waals surface area contributed by atoms with Gasteiger partial charge in [0.1, 0.15) is 11.8 Å². The van der Waals surface area contributed by atoms with Gasteiger partial charge in [0, 0.05) is 11.9 Å². The van der Waals surface area contributed by atoms with E-state index in [1.54, 1.807) is 0 Å². The summed E-state index contributed by atoms with van der Waals surface area (Å²) >= 11 is 0. The Kier molecular flexibility index (Phi) is 3.01. The summed E-state index contributed by atoms with van der Waals surface area (Å²) in [6.45, 7) is 3.38. The third-order valence-corrected chi connectivity index (χ3v) is 3.51. The van der Waals surface area contributed by atoms with Crippen LogP contribution in [-0.2, 0) is 0 Å². The molecule has 2 N–H and O–H groups in total. The molecular formula is C14H18N2O. The molecule has 0 aliphatic carbocycles. The van der Waals surface area contributed by atoms with Crippen molar-refractivity contribution < 1.29 is 4.42 Å². The number of anilines is 1. The average molecular weight is 230 g/mol. The number of furan rings is 1. The number of rotatable bonds is 4. The van der Waals surface area contributed by atoms with Crippen LogP contribution in [0.15, 0.2) is 34.9 Å². The molecule has 1 fully saturated rings. The minimum atomic E-state index is 0.834. The first-order chi connectivity index (χ1) is 8.43. The van der Waals surface area contributed by atoms with Crippen LogP contribution in [0, 0.1) is 5.92 Å². The van der Waals surface area contributed by atoms with Crippen LogP contribution in [0.4, 0.5) is 5.69 Å². The van der Waals surface area contributed by atoms with Crippen molar-refractivity contribution >= 4 is 16.7 Å². The summed E-state index contributed by atoms with van der Waals surface area (Å²) in [7, 11) is 0. The van der Waals surface area contributed by atoms with Crippen molar-refractivity contribution in [1.82, 2.24) is 5.32 Å². The molecule has 1 aliphatic heterocycles. The van der Waals surface area contributed by atoms with Gasteiger partial charge < -0.3 is 15.1 Å². The zero-order chi connectivity index (χ0) is 11.5. The standard InChI is InChI=1S/C14H18N2O/c1-2-4-14-12(3-1)13(10-17-14)16-8-6-11-5-7-15-9-11/h1-4,10-11,15-16H,5-9H2. The van der Waals surface area contributed by atoms with Gasteiger partial charge in [0.2, 0.25) is 0 Å². The van der Waals surface area contributed by atoms with Gasteiger partial charge in [-0.25, -0.2) is 0 Å². The van der Waals surface area contributed by atoms with Crippen LogP contribution in [0.3, 0.4) is 0 Å². The molecule has 17 heavy (non-hydrogen) atoms. The normalized spacial score (nSPS) is 19.9. The van der Waals surface area contributed by atoms with Gasteiger partial charge in [0.25, 0.3) is 0 Å². The summed E-state index contributed by atoms with van der Waals surface area (Å²) in [4.78, 5) is 0. The highest BCUT2D eigenvalue weighted by Crippen LogP contribution is 2.25. The lowest BCUT2D eigenvalue weighted by atomic mass is 10.1. The summed E-state index contributed by atoms with van der Waals surface area (Å²) in [5, 5.41) is 8.05. The second-order valence-corrected chi connectivity index (χ2v) is 4.72. The van der Waals surface area contributed by atoms with Crippen molar-refractivity contribution in [3.05, 3.63) is 30.5 Å². The van der Waals surface area contributed by atoms with Gasteiger partial charge in [0.15, 0.2) is 0 Å². The molecule has 90 valence electrons. The van der Waals surface area contributed by atoms with Crippen molar-refractivity contribution in [2.45, 2.75) is 12.8 Å². The molecule has 3 nitrogen and oxygen atoms in total. The highest BCUT2D eigenvalue weighted by molar-refractivity contribution is 5.90. The smallest absolute Gasteiger partial charge is 0.136 e. The molecular weight excluding hydrogens is 212 g/mol. The Hall–Kier alpha value is -1.48. The summed E-state index contributed by atoms with van der Waals surface area (Å²) in [6.07, 6.45) is 4.36. The molecule has 1 saturated heterocycles. The summed E-state index contributed by atoms with van der Waals surface area (Å²) < 4.78 is 5.50. The van der Waals surface area contributed by atoms with E-state index in [0.29, 0.717) is 0 Å². The zero-order valence-electron chi connectivity index (χ0n) is 9.91. The van der Waals surface area contributed by atoms with Crippen LogP contribution in [-0.4, -0.2) is 19.6 Å². The molecule has 0 bridgehead atoms. The largest absolute Gasteiger partial charge is 0.462 e. The molecule has 1 unspecified atom stereocenters. The molecule has 1 aromatic heterocycles. The van der Waals surface area contributed by atoms with Crippen LogP contribution in [0.5, 0.6) is 0 Å². The number of hydrogen-bond donors (Lipinski definition) is 2. The topological polar surface area (TPSA) is 37.2 Å². The van der Waals surface area contributed by atoms with Crippen molar-refractivity contribution in [3.63, 3.8) is 0 Å². The molecule has 2 aromatic rings. The van der Waals surface area contributed by atoms with Crippen LogP contribution < -0.4 is 10.6 Å². The Bertz CT molecular complexity index is 486. The maximum atomic E-state index is 5.50. The fraction of sp³-hybridized carbons (Fsp3) is 0.429. The van der Waals surface area contributed by atoms with Crippen molar-refractivity contribution in [2.24, 2.45) is 5.92 Å². The molecule has 1 aromatic carbocycles. The third kappa shape index (κ3) is 2.29. The minimum Gasteiger partial charge on any atom is -0.462 e. The molecule has 1 aliphatic rings. The number of hydrogen-bond acceptors (Lipinski definition) is 3. The molecule has 3 rings (SSSR count). The monoisotopic (exact) mass is 230 g/mol. The van der Waals surface area contributed by atoms with Gasteiger partial charge in [0.05, 0.1) is 5.69 Å². The number of para-hydroxylation sites is 1. The van der Waals surface area contributed by atoms with E-state index >= 15 is 0 Å². The molecule has 0 radical (unpaired) electrons. The predicted molar refractivity (Wildman–Crippen MR) is 70.3 cm³/mol. The second-order valence-electron chi connectivity index (χ2n) is 4.72. The summed E-state index contributed by atoms with van der Waals surface area (Å²) in [5.74, 6) is 0.834. The van der Waals surface area contributed by atoms with E-state index in [4.69, 9.17) is 4.42 Å². The quantitative estimate of drug-likeness (QED) is 0.848. The van der Waals surface area contributed by atoms with E-state index in [-0.39, 0.29) is 0 Å². The molecule has 0 spiro atoms. The van der Waals surface area contributed by atoms with Gasteiger partial charge in [-0.1, -0.05) is 12.1 Å².